The number of nitrogens with zero attached hydrogens (tertiary/aromatic N) is 4. The van der Waals surface area contributed by atoms with Gasteiger partial charge in [-0.25, -0.2) is 4.98 Å². The van der Waals surface area contributed by atoms with Crippen LogP contribution in [0.25, 0.3) is 16.9 Å². The van der Waals surface area contributed by atoms with Crippen LogP contribution in [-0.4, -0.2) is 32.8 Å². The average molecular weight is 374 g/mol. The molecule has 7 heteroatoms. The predicted octanol–water partition coefficient (Wildman–Crippen LogP) is 2.82. The van der Waals surface area contributed by atoms with E-state index in [9.17, 15) is 0 Å². The number of anilines is 1. The van der Waals surface area contributed by atoms with Crippen molar-refractivity contribution >= 4 is 11.6 Å². The second-order valence-corrected chi connectivity index (χ2v) is 7.20. The minimum Gasteiger partial charge on any atom is -0.455 e. The molecule has 5 rings (SSSR count). The van der Waals surface area contributed by atoms with Gasteiger partial charge in [-0.3, -0.25) is 9.67 Å². The molecule has 5 heterocycles. The van der Waals surface area contributed by atoms with Crippen LogP contribution in [0.5, 0.6) is 5.75 Å². The highest BCUT2D eigenvalue weighted by atomic mass is 16.5. The average Bonchev–Trinajstić information content (AvgIpc) is 3.25. The highest BCUT2D eigenvalue weighted by Gasteiger charge is 2.19. The number of nitrogens with two attached hydrogens (primary N) is 1. The number of piperidine rings is 1. The fourth-order valence-corrected chi connectivity index (χ4v) is 3.79. The van der Waals surface area contributed by atoms with E-state index in [-0.39, 0.29) is 0 Å². The molecular formula is C21H22N6O. The van der Waals surface area contributed by atoms with Gasteiger partial charge in [-0.05, 0) is 50.6 Å². The number of nitrogen functional groups attached to an aromatic ring is 1. The van der Waals surface area contributed by atoms with E-state index in [0.29, 0.717) is 11.9 Å². The molecule has 3 aromatic heterocycles. The van der Waals surface area contributed by atoms with Gasteiger partial charge in [-0.15, -0.1) is 0 Å². The molecule has 0 radical (unpaired) electrons. The maximum Gasteiger partial charge on any atom is 0.149 e. The van der Waals surface area contributed by atoms with E-state index in [1.807, 2.05) is 24.4 Å². The highest BCUT2D eigenvalue weighted by molar-refractivity contribution is 5.76. The molecule has 3 aromatic rings. The lowest BCUT2D eigenvalue weighted by molar-refractivity contribution is 0.343. The molecule has 2 aliphatic heterocycles. The molecule has 1 fully saturated rings. The Morgan fingerprint density at radius 3 is 2.93 bits per heavy atom. The third-order valence-corrected chi connectivity index (χ3v) is 5.40. The van der Waals surface area contributed by atoms with Crippen molar-refractivity contribution in [2.45, 2.75) is 25.3 Å². The van der Waals surface area contributed by atoms with Gasteiger partial charge in [0.1, 0.15) is 17.3 Å². The summed E-state index contributed by atoms with van der Waals surface area (Å²) in [6.07, 6.45) is 14.3. The van der Waals surface area contributed by atoms with Gasteiger partial charge >= 0.3 is 0 Å². The van der Waals surface area contributed by atoms with Crippen molar-refractivity contribution in [3.63, 3.8) is 0 Å². The zero-order chi connectivity index (χ0) is 18.9. The Hall–Kier alpha value is -3.19. The number of rotatable bonds is 3. The molecule has 0 spiro atoms. The van der Waals surface area contributed by atoms with Crippen LogP contribution in [-0.2, 0) is 6.42 Å². The van der Waals surface area contributed by atoms with Crippen LogP contribution in [0.3, 0.4) is 0 Å². The van der Waals surface area contributed by atoms with Crippen LogP contribution < -0.4 is 15.8 Å². The van der Waals surface area contributed by atoms with Gasteiger partial charge in [0, 0.05) is 35.3 Å². The first-order chi connectivity index (χ1) is 13.8. The van der Waals surface area contributed by atoms with Crippen LogP contribution in [0.4, 0.5) is 5.82 Å². The van der Waals surface area contributed by atoms with Gasteiger partial charge in [0.2, 0.25) is 0 Å². The van der Waals surface area contributed by atoms with Crippen molar-refractivity contribution in [1.82, 2.24) is 25.1 Å². The number of nitrogens with one attached hydrogen (secondary N) is 1. The van der Waals surface area contributed by atoms with Crippen LogP contribution in [0.2, 0.25) is 0 Å². The van der Waals surface area contributed by atoms with E-state index in [1.54, 1.807) is 18.6 Å². The summed E-state index contributed by atoms with van der Waals surface area (Å²) in [5.41, 5.74) is 10.1. The van der Waals surface area contributed by atoms with Crippen LogP contribution in [0, 0.1) is 0 Å². The summed E-state index contributed by atoms with van der Waals surface area (Å²) in [6.45, 7) is 2.07. The first-order valence-corrected chi connectivity index (χ1v) is 9.60. The van der Waals surface area contributed by atoms with Gasteiger partial charge in [-0.2, -0.15) is 5.10 Å². The zero-order valence-corrected chi connectivity index (χ0v) is 15.5. The topological polar surface area (TPSA) is 90.9 Å². The van der Waals surface area contributed by atoms with Gasteiger partial charge < -0.3 is 15.8 Å². The zero-order valence-electron chi connectivity index (χ0n) is 15.5. The maximum absolute atomic E-state index is 6.17. The molecule has 0 unspecified atom stereocenters. The summed E-state index contributed by atoms with van der Waals surface area (Å²) in [5.74, 6) is 1.94. The second kappa shape index (κ2) is 7.09. The number of hydrogen-bond donors (Lipinski definition) is 2. The summed E-state index contributed by atoms with van der Waals surface area (Å²) in [6, 6.07) is 4.44. The molecule has 0 aromatic carbocycles. The molecule has 7 nitrogen and oxygen atoms in total. The molecule has 1 saturated heterocycles. The fraction of sp³-hybridized carbons (Fsp3) is 0.286. The third kappa shape index (κ3) is 3.14. The molecule has 0 bridgehead atoms. The van der Waals surface area contributed by atoms with Crippen molar-refractivity contribution in [2.24, 2.45) is 0 Å². The number of aromatic nitrogens is 4. The van der Waals surface area contributed by atoms with E-state index >= 15 is 0 Å². The van der Waals surface area contributed by atoms with Crippen LogP contribution in [0.1, 0.15) is 30.0 Å². The van der Waals surface area contributed by atoms with Crippen LogP contribution >= 0.6 is 0 Å². The standard InChI is InChI=1S/C21H22N6O/c22-21-18(19-2-1-14-3-6-24-12-20(14)28-19)9-15(10-25-21)16-11-26-27(13-16)17-4-7-23-8-5-17/h2-3,6,9-13,17,23H,1,4-5,7-8H2,(H2,22,25). The van der Waals surface area contributed by atoms with Gasteiger partial charge in [0.25, 0.3) is 0 Å². The van der Waals surface area contributed by atoms with Gasteiger partial charge in [-0.1, -0.05) is 0 Å². The number of fused-ring (bicyclic) bond motifs is 1. The molecule has 0 saturated carbocycles. The third-order valence-electron chi connectivity index (χ3n) is 5.40. The van der Waals surface area contributed by atoms with Crippen molar-refractivity contribution < 1.29 is 4.74 Å². The number of allylic oxidation sites excluding steroid dienone is 1. The molecule has 0 atom stereocenters. The normalized spacial score (nSPS) is 16.9. The first kappa shape index (κ1) is 16.9. The van der Waals surface area contributed by atoms with E-state index < -0.39 is 0 Å². The van der Waals surface area contributed by atoms with E-state index in [4.69, 9.17) is 10.5 Å². The smallest absolute Gasteiger partial charge is 0.149 e. The molecule has 3 N–H and O–H groups in total. The van der Waals surface area contributed by atoms with Crippen molar-refractivity contribution in [3.05, 3.63) is 60.3 Å². The monoisotopic (exact) mass is 374 g/mol. The van der Waals surface area contributed by atoms with E-state index in [1.165, 1.54) is 0 Å². The van der Waals surface area contributed by atoms with Crippen molar-refractivity contribution in [3.8, 4) is 16.9 Å². The minimum atomic E-state index is 0.449. The summed E-state index contributed by atoms with van der Waals surface area (Å²) in [7, 11) is 0. The lowest BCUT2D eigenvalue weighted by atomic mass is 10.0. The molecule has 28 heavy (non-hydrogen) atoms. The van der Waals surface area contributed by atoms with Crippen LogP contribution in [0.15, 0.2) is 49.2 Å². The molecule has 2 aliphatic rings. The Morgan fingerprint density at radius 2 is 2.04 bits per heavy atom. The minimum absolute atomic E-state index is 0.449. The number of hydrogen-bond acceptors (Lipinski definition) is 6. The summed E-state index contributed by atoms with van der Waals surface area (Å²) < 4.78 is 8.11. The summed E-state index contributed by atoms with van der Waals surface area (Å²) >= 11 is 0. The molecule has 0 aliphatic carbocycles. The van der Waals surface area contributed by atoms with Crippen molar-refractivity contribution in [1.29, 1.82) is 0 Å². The lowest BCUT2D eigenvalue weighted by Crippen LogP contribution is -2.29. The Kier molecular flexibility index (Phi) is 4.29. The second-order valence-electron chi connectivity index (χ2n) is 7.20. The van der Waals surface area contributed by atoms with Gasteiger partial charge in [0.15, 0.2) is 0 Å². The Labute approximate surface area is 163 Å². The fourth-order valence-electron chi connectivity index (χ4n) is 3.79. The first-order valence-electron chi connectivity index (χ1n) is 9.60. The Balaban J connectivity index is 1.44. The number of ether oxygens (including phenoxy) is 1. The van der Waals surface area contributed by atoms with E-state index in [0.717, 1.165) is 66.1 Å². The SMILES string of the molecule is Nc1ncc(-c2cnn(C3CCNCC3)c2)cc1C1=CCc2ccncc2O1. The van der Waals surface area contributed by atoms with Gasteiger partial charge in [0.05, 0.1) is 24.0 Å². The quantitative estimate of drug-likeness (QED) is 0.733. The largest absolute Gasteiger partial charge is 0.455 e. The van der Waals surface area contributed by atoms with Crippen molar-refractivity contribution in [2.75, 3.05) is 18.8 Å². The number of pyridine rings is 2. The molecule has 0 amide bonds. The van der Waals surface area contributed by atoms with E-state index in [2.05, 4.69) is 31.3 Å². The predicted molar refractivity (Wildman–Crippen MR) is 108 cm³/mol. The Morgan fingerprint density at radius 1 is 1.14 bits per heavy atom. The summed E-state index contributed by atoms with van der Waals surface area (Å²) in [5, 5.41) is 7.98. The Bertz CT molecular complexity index is 1030. The molecule has 142 valence electrons. The summed E-state index contributed by atoms with van der Waals surface area (Å²) in [4.78, 5) is 8.55. The lowest BCUT2D eigenvalue weighted by Gasteiger charge is -2.22. The molecular weight excluding hydrogens is 352 g/mol. The highest BCUT2D eigenvalue weighted by Crippen LogP contribution is 2.33. The maximum atomic E-state index is 6.17.